The minimum atomic E-state index is -0.486. The smallest absolute Gasteiger partial charge is 0.275 e. The molecule has 0 aliphatic carbocycles. The van der Waals surface area contributed by atoms with Crippen molar-refractivity contribution in [3.8, 4) is 17.3 Å². The molecule has 0 spiro atoms. The fourth-order valence-corrected chi connectivity index (χ4v) is 3.10. The second-order valence-electron chi connectivity index (χ2n) is 6.49. The highest BCUT2D eigenvalue weighted by molar-refractivity contribution is 5.91. The highest BCUT2D eigenvalue weighted by Crippen LogP contribution is 2.32. The van der Waals surface area contributed by atoms with E-state index in [2.05, 4.69) is 16.0 Å². The molecule has 0 atom stereocenters. The molecule has 2 aromatic heterocycles. The van der Waals surface area contributed by atoms with Gasteiger partial charge in [0, 0.05) is 30.8 Å². The lowest BCUT2D eigenvalue weighted by Gasteiger charge is -2.12. The van der Waals surface area contributed by atoms with Crippen LogP contribution in [-0.4, -0.2) is 32.2 Å². The fourth-order valence-electron chi connectivity index (χ4n) is 3.10. The van der Waals surface area contributed by atoms with Crippen molar-refractivity contribution in [3.05, 3.63) is 56.6 Å². The number of nitro groups is 1. The summed E-state index contributed by atoms with van der Waals surface area (Å²) in [5, 5.41) is 20.7. The Labute approximate surface area is 160 Å². The van der Waals surface area contributed by atoms with E-state index in [1.54, 1.807) is 16.7 Å². The number of nitrogens with zero attached hydrogens (tertiary/aromatic N) is 4. The monoisotopic (exact) mass is 381 g/mol. The molecule has 0 bridgehead atoms. The predicted molar refractivity (Wildman–Crippen MR) is 103 cm³/mol. The number of benzene rings is 1. The Balaban J connectivity index is 2.15. The number of hydrogen-bond donors (Lipinski definition) is 1. The van der Waals surface area contributed by atoms with Gasteiger partial charge in [-0.05, 0) is 32.4 Å². The quantitative estimate of drug-likeness (QED) is 0.381. The third-order valence-electron chi connectivity index (χ3n) is 4.28. The number of H-pyrrole nitrogens is 1. The van der Waals surface area contributed by atoms with Crippen molar-refractivity contribution in [2.75, 3.05) is 6.61 Å². The molecule has 1 N–H and O–H groups in total. The third-order valence-corrected chi connectivity index (χ3v) is 4.28. The largest absolute Gasteiger partial charge is 0.379 e. The SMILES string of the molecule is CC(C)OCCCn1c(-c2ccc([N+](=O)[O-])cc2)c(C#N)c2nc[nH]c(=O)c21. The number of aryl methyl sites for hydroxylation is 1. The summed E-state index contributed by atoms with van der Waals surface area (Å²) in [5.74, 6) is 0. The van der Waals surface area contributed by atoms with Gasteiger partial charge < -0.3 is 14.3 Å². The van der Waals surface area contributed by atoms with E-state index in [1.165, 1.54) is 18.5 Å². The molecule has 0 aliphatic heterocycles. The topological polar surface area (TPSA) is 127 Å². The van der Waals surface area contributed by atoms with E-state index in [1.807, 2.05) is 13.8 Å². The standard InChI is InChI=1S/C19H19N5O4/c1-12(2)28-9-3-8-23-17(13-4-6-14(7-5-13)24(26)27)15(10-20)16-18(23)19(25)22-11-21-16/h4-7,11-12H,3,8-9H2,1-2H3,(H,21,22,25). The van der Waals surface area contributed by atoms with E-state index < -0.39 is 4.92 Å². The number of rotatable bonds is 7. The van der Waals surface area contributed by atoms with E-state index in [0.717, 1.165) is 0 Å². The zero-order chi connectivity index (χ0) is 20.3. The molecule has 0 unspecified atom stereocenters. The molecule has 0 saturated heterocycles. The maximum Gasteiger partial charge on any atom is 0.275 e. The second-order valence-corrected chi connectivity index (χ2v) is 6.49. The third kappa shape index (κ3) is 3.63. The average molecular weight is 381 g/mol. The number of aromatic amines is 1. The number of nitriles is 1. The first kappa shape index (κ1) is 19.3. The second kappa shape index (κ2) is 8.02. The fraction of sp³-hybridized carbons (Fsp3) is 0.316. The van der Waals surface area contributed by atoms with Gasteiger partial charge in [-0.3, -0.25) is 14.9 Å². The van der Waals surface area contributed by atoms with Gasteiger partial charge in [-0.2, -0.15) is 5.26 Å². The average Bonchev–Trinajstić information content (AvgIpc) is 2.99. The van der Waals surface area contributed by atoms with Crippen LogP contribution in [0, 0.1) is 21.4 Å². The normalized spacial score (nSPS) is 11.1. The Morgan fingerprint density at radius 2 is 2.07 bits per heavy atom. The van der Waals surface area contributed by atoms with Crippen LogP contribution in [-0.2, 0) is 11.3 Å². The first-order chi connectivity index (χ1) is 13.4. The Hall–Kier alpha value is -3.51. The molecule has 0 aliphatic rings. The summed E-state index contributed by atoms with van der Waals surface area (Å²) < 4.78 is 7.31. The Morgan fingerprint density at radius 1 is 1.36 bits per heavy atom. The predicted octanol–water partition coefficient (Wildman–Crippen LogP) is 2.99. The molecule has 9 nitrogen and oxygen atoms in total. The summed E-state index contributed by atoms with van der Waals surface area (Å²) in [6.45, 7) is 4.81. The minimum Gasteiger partial charge on any atom is -0.379 e. The molecule has 0 amide bonds. The molecule has 3 rings (SSSR count). The summed E-state index contributed by atoms with van der Waals surface area (Å²) in [5.41, 5.74) is 1.59. The van der Waals surface area contributed by atoms with Gasteiger partial charge in [-0.25, -0.2) is 4.98 Å². The van der Waals surface area contributed by atoms with Crippen LogP contribution in [0.4, 0.5) is 5.69 Å². The van der Waals surface area contributed by atoms with Crippen molar-refractivity contribution in [2.45, 2.75) is 32.9 Å². The van der Waals surface area contributed by atoms with Crippen molar-refractivity contribution in [1.29, 1.82) is 5.26 Å². The molecule has 28 heavy (non-hydrogen) atoms. The lowest BCUT2D eigenvalue weighted by atomic mass is 10.1. The number of nitro benzene ring substituents is 1. The van der Waals surface area contributed by atoms with Crippen LogP contribution in [0.3, 0.4) is 0 Å². The number of nitrogens with one attached hydrogen (secondary N) is 1. The zero-order valence-corrected chi connectivity index (χ0v) is 15.5. The number of ether oxygens (including phenoxy) is 1. The molecular weight excluding hydrogens is 362 g/mol. The maximum atomic E-state index is 12.5. The van der Waals surface area contributed by atoms with Gasteiger partial charge in [0.2, 0.25) is 0 Å². The summed E-state index contributed by atoms with van der Waals surface area (Å²) in [6, 6.07) is 8.02. The number of non-ortho nitro benzene ring substituents is 1. The molecule has 2 heterocycles. The van der Waals surface area contributed by atoms with Gasteiger partial charge in [0.25, 0.3) is 11.2 Å². The van der Waals surface area contributed by atoms with Gasteiger partial charge in [0.05, 0.1) is 23.0 Å². The minimum absolute atomic E-state index is 0.0498. The van der Waals surface area contributed by atoms with Crippen LogP contribution in [0.5, 0.6) is 0 Å². The summed E-state index contributed by atoms with van der Waals surface area (Å²) in [7, 11) is 0. The van der Waals surface area contributed by atoms with E-state index in [0.29, 0.717) is 41.9 Å². The molecule has 9 heteroatoms. The van der Waals surface area contributed by atoms with Crippen LogP contribution < -0.4 is 5.56 Å². The van der Waals surface area contributed by atoms with Gasteiger partial charge in [-0.15, -0.1) is 0 Å². The van der Waals surface area contributed by atoms with Crippen LogP contribution >= 0.6 is 0 Å². The van der Waals surface area contributed by atoms with E-state index in [-0.39, 0.29) is 22.9 Å². The van der Waals surface area contributed by atoms with Crippen molar-refractivity contribution in [2.24, 2.45) is 0 Å². The summed E-state index contributed by atoms with van der Waals surface area (Å²) in [6.07, 6.45) is 1.98. The lowest BCUT2D eigenvalue weighted by molar-refractivity contribution is -0.384. The van der Waals surface area contributed by atoms with Gasteiger partial charge >= 0.3 is 0 Å². The van der Waals surface area contributed by atoms with Crippen LogP contribution in [0.2, 0.25) is 0 Å². The summed E-state index contributed by atoms with van der Waals surface area (Å²) in [4.78, 5) is 29.6. The molecular formula is C19H19N5O4. The maximum absolute atomic E-state index is 12.5. The number of hydrogen-bond acceptors (Lipinski definition) is 6. The van der Waals surface area contributed by atoms with Crippen molar-refractivity contribution in [3.63, 3.8) is 0 Å². The van der Waals surface area contributed by atoms with Gasteiger partial charge in [0.1, 0.15) is 22.7 Å². The highest BCUT2D eigenvalue weighted by Gasteiger charge is 2.22. The molecule has 0 saturated carbocycles. The van der Waals surface area contributed by atoms with Crippen LogP contribution in [0.15, 0.2) is 35.4 Å². The van der Waals surface area contributed by atoms with Gasteiger partial charge in [0.15, 0.2) is 0 Å². The van der Waals surface area contributed by atoms with Crippen molar-refractivity contribution in [1.82, 2.24) is 14.5 Å². The Bertz CT molecular complexity index is 1110. The van der Waals surface area contributed by atoms with Gasteiger partial charge in [-0.1, -0.05) is 0 Å². The van der Waals surface area contributed by atoms with Crippen molar-refractivity contribution >= 4 is 16.7 Å². The molecule has 3 aromatic rings. The van der Waals surface area contributed by atoms with Crippen LogP contribution in [0.25, 0.3) is 22.3 Å². The molecule has 144 valence electrons. The molecule has 0 radical (unpaired) electrons. The van der Waals surface area contributed by atoms with E-state index in [9.17, 15) is 20.2 Å². The highest BCUT2D eigenvalue weighted by atomic mass is 16.6. The van der Waals surface area contributed by atoms with Crippen molar-refractivity contribution < 1.29 is 9.66 Å². The zero-order valence-electron chi connectivity index (χ0n) is 15.5. The van der Waals surface area contributed by atoms with Crippen LogP contribution in [0.1, 0.15) is 25.8 Å². The Morgan fingerprint density at radius 3 is 2.68 bits per heavy atom. The lowest BCUT2D eigenvalue weighted by Crippen LogP contribution is -2.14. The first-order valence-electron chi connectivity index (χ1n) is 8.80. The van der Waals surface area contributed by atoms with E-state index >= 15 is 0 Å². The number of aromatic nitrogens is 3. The number of fused-ring (bicyclic) bond motifs is 1. The molecule has 1 aromatic carbocycles. The molecule has 0 fully saturated rings. The Kier molecular flexibility index (Phi) is 5.52. The van der Waals surface area contributed by atoms with E-state index in [4.69, 9.17) is 4.74 Å². The summed E-state index contributed by atoms with van der Waals surface area (Å²) >= 11 is 0. The first-order valence-corrected chi connectivity index (χ1v) is 8.80.